The van der Waals surface area contributed by atoms with Crippen LogP contribution < -0.4 is 5.73 Å². The molecule has 0 heterocycles. The second-order valence-corrected chi connectivity index (χ2v) is 6.17. The normalized spacial score (nSPS) is 19.6. The fourth-order valence-electron chi connectivity index (χ4n) is 2.99. The van der Waals surface area contributed by atoms with E-state index in [2.05, 4.69) is 15.9 Å². The van der Waals surface area contributed by atoms with Gasteiger partial charge < -0.3 is 10.5 Å². The lowest BCUT2D eigenvalue weighted by molar-refractivity contribution is -0.0526. The SMILES string of the molecule is CCOC1(C(N)Cc2ccc(Br)cc2F)CCCC1. The maximum atomic E-state index is 13.9. The third kappa shape index (κ3) is 3.36. The summed E-state index contributed by atoms with van der Waals surface area (Å²) in [6.45, 7) is 2.66. The Bertz CT molecular complexity index is 432. The monoisotopic (exact) mass is 329 g/mol. The summed E-state index contributed by atoms with van der Waals surface area (Å²) in [6, 6.07) is 5.00. The van der Waals surface area contributed by atoms with Crippen LogP contribution in [-0.4, -0.2) is 18.2 Å². The lowest BCUT2D eigenvalue weighted by atomic mass is 9.88. The van der Waals surface area contributed by atoms with E-state index in [-0.39, 0.29) is 17.5 Å². The third-order valence-corrected chi connectivity index (χ3v) is 4.51. The molecule has 1 saturated carbocycles. The highest BCUT2D eigenvalue weighted by Crippen LogP contribution is 2.36. The van der Waals surface area contributed by atoms with Crippen molar-refractivity contribution in [1.29, 1.82) is 0 Å². The van der Waals surface area contributed by atoms with Crippen molar-refractivity contribution in [2.24, 2.45) is 5.73 Å². The van der Waals surface area contributed by atoms with Crippen molar-refractivity contribution in [1.82, 2.24) is 0 Å². The highest BCUT2D eigenvalue weighted by molar-refractivity contribution is 9.10. The van der Waals surface area contributed by atoms with Crippen molar-refractivity contribution >= 4 is 15.9 Å². The Morgan fingerprint density at radius 1 is 1.42 bits per heavy atom. The maximum Gasteiger partial charge on any atom is 0.127 e. The molecular formula is C15H21BrFNO. The van der Waals surface area contributed by atoms with E-state index >= 15 is 0 Å². The summed E-state index contributed by atoms with van der Waals surface area (Å²) in [7, 11) is 0. The minimum absolute atomic E-state index is 0.148. The molecule has 4 heteroatoms. The summed E-state index contributed by atoms with van der Waals surface area (Å²) in [4.78, 5) is 0. The first-order chi connectivity index (χ1) is 9.07. The van der Waals surface area contributed by atoms with E-state index in [1.165, 1.54) is 6.07 Å². The molecule has 1 aliphatic rings. The van der Waals surface area contributed by atoms with Gasteiger partial charge in [-0.15, -0.1) is 0 Å². The molecule has 1 atom stereocenters. The largest absolute Gasteiger partial charge is 0.374 e. The van der Waals surface area contributed by atoms with Gasteiger partial charge in [0.25, 0.3) is 0 Å². The maximum absolute atomic E-state index is 13.9. The molecule has 1 aliphatic carbocycles. The van der Waals surface area contributed by atoms with Gasteiger partial charge in [0, 0.05) is 17.1 Å². The summed E-state index contributed by atoms with van der Waals surface area (Å²) < 4.78 is 20.6. The molecule has 0 bridgehead atoms. The van der Waals surface area contributed by atoms with E-state index in [4.69, 9.17) is 10.5 Å². The molecule has 1 fully saturated rings. The summed E-state index contributed by atoms with van der Waals surface area (Å²) in [5.41, 5.74) is 6.75. The van der Waals surface area contributed by atoms with E-state index in [0.717, 1.165) is 30.2 Å². The number of nitrogens with two attached hydrogens (primary N) is 1. The fraction of sp³-hybridized carbons (Fsp3) is 0.600. The lowest BCUT2D eigenvalue weighted by Gasteiger charge is -2.35. The summed E-state index contributed by atoms with van der Waals surface area (Å²) >= 11 is 3.27. The first-order valence-electron chi connectivity index (χ1n) is 6.91. The van der Waals surface area contributed by atoms with Gasteiger partial charge in [-0.05, 0) is 43.9 Å². The van der Waals surface area contributed by atoms with Crippen LogP contribution >= 0.6 is 15.9 Å². The van der Waals surface area contributed by atoms with Gasteiger partial charge in [0.15, 0.2) is 0 Å². The van der Waals surface area contributed by atoms with Crippen molar-refractivity contribution in [3.63, 3.8) is 0 Å². The minimum atomic E-state index is -0.256. The number of benzene rings is 1. The molecule has 2 N–H and O–H groups in total. The molecule has 19 heavy (non-hydrogen) atoms. The summed E-state index contributed by atoms with van der Waals surface area (Å²) in [5.74, 6) is -0.200. The van der Waals surface area contributed by atoms with Crippen LogP contribution in [0.1, 0.15) is 38.2 Å². The number of hydrogen-bond donors (Lipinski definition) is 1. The van der Waals surface area contributed by atoms with Crippen LogP contribution in [0.4, 0.5) is 4.39 Å². The molecule has 0 aromatic heterocycles. The van der Waals surface area contributed by atoms with Gasteiger partial charge in [-0.2, -0.15) is 0 Å². The predicted molar refractivity (Wildman–Crippen MR) is 78.6 cm³/mol. The zero-order chi connectivity index (χ0) is 13.9. The predicted octanol–water partition coefficient (Wildman–Crippen LogP) is 3.81. The van der Waals surface area contributed by atoms with E-state index in [0.29, 0.717) is 18.6 Å². The Morgan fingerprint density at radius 2 is 2.11 bits per heavy atom. The minimum Gasteiger partial charge on any atom is -0.374 e. The van der Waals surface area contributed by atoms with Crippen LogP contribution in [0.2, 0.25) is 0 Å². The summed E-state index contributed by atoms with van der Waals surface area (Å²) in [6.07, 6.45) is 4.80. The van der Waals surface area contributed by atoms with E-state index in [1.807, 2.05) is 13.0 Å². The van der Waals surface area contributed by atoms with E-state index < -0.39 is 0 Å². The molecule has 0 spiro atoms. The summed E-state index contributed by atoms with van der Waals surface area (Å²) in [5, 5.41) is 0. The van der Waals surface area contributed by atoms with Crippen molar-refractivity contribution in [2.75, 3.05) is 6.61 Å². The van der Waals surface area contributed by atoms with Crippen LogP contribution in [0.5, 0.6) is 0 Å². The molecule has 2 nitrogen and oxygen atoms in total. The highest BCUT2D eigenvalue weighted by atomic mass is 79.9. The lowest BCUT2D eigenvalue weighted by Crippen LogP contribution is -2.49. The Morgan fingerprint density at radius 3 is 2.68 bits per heavy atom. The Labute approximate surface area is 122 Å². The first-order valence-corrected chi connectivity index (χ1v) is 7.70. The smallest absolute Gasteiger partial charge is 0.127 e. The molecule has 0 amide bonds. The molecule has 2 rings (SSSR count). The Kier molecular flexibility index (Phi) is 4.98. The standard InChI is InChI=1S/C15H21BrFNO/c1-2-19-15(7-3-4-8-15)14(18)9-11-5-6-12(16)10-13(11)17/h5-6,10,14H,2-4,7-9,18H2,1H3. The molecule has 106 valence electrons. The second kappa shape index (κ2) is 6.33. The van der Waals surface area contributed by atoms with Crippen molar-refractivity contribution < 1.29 is 9.13 Å². The molecule has 1 aromatic carbocycles. The van der Waals surface area contributed by atoms with Crippen LogP contribution in [0.25, 0.3) is 0 Å². The molecule has 0 radical (unpaired) electrons. The van der Waals surface area contributed by atoms with Gasteiger partial charge in [-0.25, -0.2) is 4.39 Å². The van der Waals surface area contributed by atoms with Crippen LogP contribution in [0, 0.1) is 5.82 Å². The van der Waals surface area contributed by atoms with Crippen LogP contribution in [0.3, 0.4) is 0 Å². The number of ether oxygens (including phenoxy) is 1. The average Bonchev–Trinajstić information content (AvgIpc) is 2.83. The van der Waals surface area contributed by atoms with Gasteiger partial charge in [0.1, 0.15) is 5.82 Å². The molecular weight excluding hydrogens is 309 g/mol. The zero-order valence-corrected chi connectivity index (χ0v) is 12.9. The molecule has 1 aromatic rings. The first kappa shape index (κ1) is 14.9. The van der Waals surface area contributed by atoms with Crippen molar-refractivity contribution in [3.8, 4) is 0 Å². The quantitative estimate of drug-likeness (QED) is 0.891. The zero-order valence-electron chi connectivity index (χ0n) is 11.3. The Hall–Kier alpha value is -0.450. The van der Waals surface area contributed by atoms with Crippen LogP contribution in [0.15, 0.2) is 22.7 Å². The second-order valence-electron chi connectivity index (χ2n) is 5.25. The van der Waals surface area contributed by atoms with E-state index in [1.54, 1.807) is 6.07 Å². The average molecular weight is 330 g/mol. The van der Waals surface area contributed by atoms with Gasteiger partial charge in [-0.3, -0.25) is 0 Å². The topological polar surface area (TPSA) is 35.2 Å². The Balaban J connectivity index is 2.12. The third-order valence-electron chi connectivity index (χ3n) is 4.01. The number of rotatable bonds is 5. The van der Waals surface area contributed by atoms with Crippen molar-refractivity contribution in [2.45, 2.75) is 50.7 Å². The number of halogens is 2. The van der Waals surface area contributed by atoms with Gasteiger partial charge >= 0.3 is 0 Å². The molecule has 0 aliphatic heterocycles. The highest BCUT2D eigenvalue weighted by Gasteiger charge is 2.40. The molecule has 0 saturated heterocycles. The van der Waals surface area contributed by atoms with Gasteiger partial charge in [0.2, 0.25) is 0 Å². The van der Waals surface area contributed by atoms with Gasteiger partial charge in [-0.1, -0.05) is 34.8 Å². The fourth-order valence-corrected chi connectivity index (χ4v) is 3.33. The van der Waals surface area contributed by atoms with Crippen molar-refractivity contribution in [3.05, 3.63) is 34.1 Å². The number of hydrogen-bond acceptors (Lipinski definition) is 2. The van der Waals surface area contributed by atoms with Gasteiger partial charge in [0.05, 0.1) is 5.60 Å². The molecule has 1 unspecified atom stereocenters. The van der Waals surface area contributed by atoms with E-state index in [9.17, 15) is 4.39 Å². The van der Waals surface area contributed by atoms with Crippen LogP contribution in [-0.2, 0) is 11.2 Å².